The summed E-state index contributed by atoms with van der Waals surface area (Å²) in [6.45, 7) is 1.61. The predicted octanol–water partition coefficient (Wildman–Crippen LogP) is 4.78. The number of hydrogen-bond donors (Lipinski definition) is 1. The van der Waals surface area contributed by atoms with Gasteiger partial charge in [-0.1, -0.05) is 6.07 Å². The molecule has 1 N–H and O–H groups in total. The highest BCUT2D eigenvalue weighted by molar-refractivity contribution is 5.43. The van der Waals surface area contributed by atoms with Crippen LogP contribution in [0, 0.1) is 5.82 Å². The molecule has 152 valence electrons. The van der Waals surface area contributed by atoms with E-state index in [-0.39, 0.29) is 23.4 Å². The summed E-state index contributed by atoms with van der Waals surface area (Å²) in [7, 11) is 0. The zero-order valence-electron chi connectivity index (χ0n) is 15.3. The molecule has 0 spiro atoms. The molecule has 3 rings (SSSR count). The average molecular weight is 399 g/mol. The van der Waals surface area contributed by atoms with Gasteiger partial charge in [-0.2, -0.15) is 13.2 Å². The first-order valence-corrected chi connectivity index (χ1v) is 8.96. The third-order valence-electron chi connectivity index (χ3n) is 4.26. The van der Waals surface area contributed by atoms with Gasteiger partial charge < -0.3 is 19.5 Å². The van der Waals surface area contributed by atoms with Gasteiger partial charge in [0.2, 0.25) is 0 Å². The molecule has 1 aliphatic heterocycles. The lowest BCUT2D eigenvalue weighted by atomic mass is 10.00. The van der Waals surface area contributed by atoms with Crippen LogP contribution >= 0.6 is 0 Å². The molecule has 0 saturated carbocycles. The van der Waals surface area contributed by atoms with Gasteiger partial charge >= 0.3 is 6.18 Å². The SMILES string of the molecule is CCOc1cc(CNC2CCOc3ccc(F)cc32)ccc1OCC(F)(F)F. The maximum absolute atomic E-state index is 13.6. The van der Waals surface area contributed by atoms with E-state index in [9.17, 15) is 17.6 Å². The van der Waals surface area contributed by atoms with E-state index < -0.39 is 12.8 Å². The van der Waals surface area contributed by atoms with E-state index in [0.717, 1.165) is 11.1 Å². The second kappa shape index (κ2) is 8.68. The summed E-state index contributed by atoms with van der Waals surface area (Å²) in [6.07, 6.45) is -3.74. The molecule has 0 aliphatic carbocycles. The molecule has 0 amide bonds. The lowest BCUT2D eigenvalue weighted by molar-refractivity contribution is -0.153. The molecule has 8 heteroatoms. The van der Waals surface area contributed by atoms with E-state index in [2.05, 4.69) is 5.32 Å². The zero-order chi connectivity index (χ0) is 20.1. The Morgan fingerprint density at radius 1 is 1.11 bits per heavy atom. The van der Waals surface area contributed by atoms with Crippen LogP contribution in [0.5, 0.6) is 17.2 Å². The summed E-state index contributed by atoms with van der Waals surface area (Å²) in [5.74, 6) is 0.614. The van der Waals surface area contributed by atoms with Crippen LogP contribution in [0.15, 0.2) is 36.4 Å². The van der Waals surface area contributed by atoms with Crippen LogP contribution in [0.25, 0.3) is 0 Å². The molecule has 0 saturated heterocycles. The maximum atomic E-state index is 13.6. The number of fused-ring (bicyclic) bond motifs is 1. The van der Waals surface area contributed by atoms with Crippen molar-refractivity contribution < 1.29 is 31.8 Å². The molecule has 1 aliphatic rings. The van der Waals surface area contributed by atoms with Crippen LogP contribution in [0.2, 0.25) is 0 Å². The first kappa shape index (κ1) is 20.3. The van der Waals surface area contributed by atoms with Crippen molar-refractivity contribution in [1.82, 2.24) is 5.32 Å². The predicted molar refractivity (Wildman–Crippen MR) is 95.3 cm³/mol. The van der Waals surface area contributed by atoms with Crippen LogP contribution in [-0.2, 0) is 6.54 Å². The van der Waals surface area contributed by atoms with Gasteiger partial charge in [-0.3, -0.25) is 0 Å². The van der Waals surface area contributed by atoms with E-state index in [0.29, 0.717) is 31.9 Å². The van der Waals surface area contributed by atoms with Gasteiger partial charge in [0.1, 0.15) is 11.6 Å². The largest absolute Gasteiger partial charge is 0.493 e. The highest BCUT2D eigenvalue weighted by Crippen LogP contribution is 2.34. The van der Waals surface area contributed by atoms with Crippen LogP contribution in [0.1, 0.15) is 30.5 Å². The molecule has 4 nitrogen and oxygen atoms in total. The minimum absolute atomic E-state index is 0.0430. The van der Waals surface area contributed by atoms with Gasteiger partial charge in [-0.25, -0.2) is 4.39 Å². The fourth-order valence-corrected chi connectivity index (χ4v) is 3.03. The molecule has 0 radical (unpaired) electrons. The Labute approximate surface area is 160 Å². The van der Waals surface area contributed by atoms with Gasteiger partial charge in [-0.15, -0.1) is 0 Å². The van der Waals surface area contributed by atoms with Crippen molar-refractivity contribution in [1.29, 1.82) is 0 Å². The van der Waals surface area contributed by atoms with Crippen LogP contribution in [0.3, 0.4) is 0 Å². The van der Waals surface area contributed by atoms with Crippen molar-refractivity contribution in [2.24, 2.45) is 0 Å². The number of alkyl halides is 3. The molecular formula is C20H21F4NO3. The molecule has 0 bridgehead atoms. The Kier molecular flexibility index (Phi) is 6.28. The first-order valence-electron chi connectivity index (χ1n) is 8.96. The number of rotatable bonds is 7. The summed E-state index contributed by atoms with van der Waals surface area (Å²) < 4.78 is 66.6. The number of nitrogens with one attached hydrogen (secondary N) is 1. The normalized spacial score (nSPS) is 16.2. The van der Waals surface area contributed by atoms with E-state index in [1.54, 1.807) is 25.1 Å². The summed E-state index contributed by atoms with van der Waals surface area (Å²) in [5, 5.41) is 3.34. The molecule has 0 aromatic heterocycles. The highest BCUT2D eigenvalue weighted by atomic mass is 19.4. The van der Waals surface area contributed by atoms with E-state index in [1.165, 1.54) is 18.2 Å². The van der Waals surface area contributed by atoms with E-state index in [4.69, 9.17) is 14.2 Å². The Hall–Kier alpha value is -2.48. The van der Waals surface area contributed by atoms with Crippen molar-refractivity contribution in [3.63, 3.8) is 0 Å². The molecule has 1 atom stereocenters. The van der Waals surface area contributed by atoms with Crippen molar-refractivity contribution in [2.45, 2.75) is 32.1 Å². The molecule has 1 heterocycles. The maximum Gasteiger partial charge on any atom is 0.422 e. The fourth-order valence-electron chi connectivity index (χ4n) is 3.03. The van der Waals surface area contributed by atoms with Gasteiger partial charge in [-0.05, 0) is 42.8 Å². The minimum atomic E-state index is -4.42. The van der Waals surface area contributed by atoms with Crippen LogP contribution in [-0.4, -0.2) is 26.0 Å². The Morgan fingerprint density at radius 2 is 1.93 bits per heavy atom. The lowest BCUT2D eigenvalue weighted by Crippen LogP contribution is -2.27. The van der Waals surface area contributed by atoms with Crippen molar-refractivity contribution in [3.8, 4) is 17.2 Å². The lowest BCUT2D eigenvalue weighted by Gasteiger charge is -2.27. The monoisotopic (exact) mass is 399 g/mol. The third-order valence-corrected chi connectivity index (χ3v) is 4.26. The van der Waals surface area contributed by atoms with Crippen LogP contribution < -0.4 is 19.5 Å². The fraction of sp³-hybridized carbons (Fsp3) is 0.400. The minimum Gasteiger partial charge on any atom is -0.493 e. The van der Waals surface area contributed by atoms with E-state index >= 15 is 0 Å². The topological polar surface area (TPSA) is 39.7 Å². The molecule has 0 fully saturated rings. The highest BCUT2D eigenvalue weighted by Gasteiger charge is 2.29. The van der Waals surface area contributed by atoms with Gasteiger partial charge in [0, 0.05) is 24.6 Å². The standard InChI is InChI=1S/C20H21F4NO3/c1-2-26-19-9-13(3-5-18(19)28-12-20(22,23)24)11-25-16-7-8-27-17-6-4-14(21)10-15(16)17/h3-6,9-10,16,25H,2,7-8,11-12H2,1H3. The van der Waals surface area contributed by atoms with Gasteiger partial charge in [0.05, 0.1) is 13.2 Å². The smallest absolute Gasteiger partial charge is 0.422 e. The third kappa shape index (κ3) is 5.28. The Balaban J connectivity index is 1.70. The molecule has 1 unspecified atom stereocenters. The molecular weight excluding hydrogens is 378 g/mol. The number of ether oxygens (including phenoxy) is 3. The quantitative estimate of drug-likeness (QED) is 0.681. The second-order valence-corrected chi connectivity index (χ2v) is 6.37. The van der Waals surface area contributed by atoms with Crippen molar-refractivity contribution in [2.75, 3.05) is 19.8 Å². The first-order chi connectivity index (χ1) is 13.4. The number of halogens is 4. The summed E-state index contributed by atoms with van der Waals surface area (Å²) in [5.41, 5.74) is 1.56. The van der Waals surface area contributed by atoms with Crippen molar-refractivity contribution in [3.05, 3.63) is 53.3 Å². The summed E-state index contributed by atoms with van der Waals surface area (Å²) >= 11 is 0. The second-order valence-electron chi connectivity index (χ2n) is 6.37. The van der Waals surface area contributed by atoms with Crippen molar-refractivity contribution >= 4 is 0 Å². The molecule has 2 aromatic rings. The van der Waals surface area contributed by atoms with E-state index in [1.807, 2.05) is 0 Å². The molecule has 2 aromatic carbocycles. The average Bonchev–Trinajstić information content (AvgIpc) is 2.65. The number of hydrogen-bond acceptors (Lipinski definition) is 4. The Bertz CT molecular complexity index is 811. The van der Waals surface area contributed by atoms with Crippen LogP contribution in [0.4, 0.5) is 17.6 Å². The zero-order valence-corrected chi connectivity index (χ0v) is 15.3. The molecule has 28 heavy (non-hydrogen) atoms. The summed E-state index contributed by atoms with van der Waals surface area (Å²) in [4.78, 5) is 0. The van der Waals surface area contributed by atoms with Gasteiger partial charge in [0.25, 0.3) is 0 Å². The Morgan fingerprint density at radius 3 is 2.68 bits per heavy atom. The van der Waals surface area contributed by atoms with Gasteiger partial charge in [0.15, 0.2) is 18.1 Å². The summed E-state index contributed by atoms with van der Waals surface area (Å²) in [6, 6.07) is 9.11. The number of benzene rings is 2.